The van der Waals surface area contributed by atoms with Crippen molar-refractivity contribution in [2.75, 3.05) is 17.3 Å². The van der Waals surface area contributed by atoms with Crippen LogP contribution in [0.5, 0.6) is 0 Å². The number of halogens is 1. The SMILES string of the molecule is CN(C(=O)Nc1cccc(F)c1)c1cccc(C(=N)N)c1. The van der Waals surface area contributed by atoms with E-state index >= 15 is 0 Å². The fourth-order valence-electron chi connectivity index (χ4n) is 1.77. The number of nitrogen functional groups attached to an aromatic ring is 1. The molecule has 0 fully saturated rings. The number of hydrogen-bond acceptors (Lipinski definition) is 2. The highest BCUT2D eigenvalue weighted by Crippen LogP contribution is 2.17. The maximum Gasteiger partial charge on any atom is 0.326 e. The number of benzene rings is 2. The van der Waals surface area contributed by atoms with Crippen LogP contribution < -0.4 is 16.0 Å². The van der Waals surface area contributed by atoms with Gasteiger partial charge in [-0.25, -0.2) is 9.18 Å². The molecule has 5 nitrogen and oxygen atoms in total. The van der Waals surface area contributed by atoms with Gasteiger partial charge < -0.3 is 11.1 Å². The summed E-state index contributed by atoms with van der Waals surface area (Å²) in [6.45, 7) is 0. The zero-order valence-electron chi connectivity index (χ0n) is 11.4. The van der Waals surface area contributed by atoms with E-state index in [1.54, 1.807) is 37.4 Å². The predicted molar refractivity (Wildman–Crippen MR) is 81.3 cm³/mol. The smallest absolute Gasteiger partial charge is 0.326 e. The number of nitrogens with one attached hydrogen (secondary N) is 2. The topological polar surface area (TPSA) is 82.2 Å². The third-order valence-corrected chi connectivity index (χ3v) is 2.92. The fraction of sp³-hybridized carbons (Fsp3) is 0.0667. The highest BCUT2D eigenvalue weighted by Gasteiger charge is 2.12. The van der Waals surface area contributed by atoms with Gasteiger partial charge in [-0.2, -0.15) is 0 Å². The van der Waals surface area contributed by atoms with Crippen molar-refractivity contribution < 1.29 is 9.18 Å². The molecule has 2 rings (SSSR count). The molecule has 2 aromatic carbocycles. The normalized spacial score (nSPS) is 10.0. The molecule has 2 amide bonds. The van der Waals surface area contributed by atoms with Gasteiger partial charge in [0, 0.05) is 24.0 Å². The number of amides is 2. The fourth-order valence-corrected chi connectivity index (χ4v) is 1.77. The van der Waals surface area contributed by atoms with Gasteiger partial charge in [-0.15, -0.1) is 0 Å². The third-order valence-electron chi connectivity index (χ3n) is 2.92. The molecule has 0 bridgehead atoms. The van der Waals surface area contributed by atoms with Gasteiger partial charge in [0.15, 0.2) is 0 Å². The average Bonchev–Trinajstić information content (AvgIpc) is 2.46. The lowest BCUT2D eigenvalue weighted by molar-refractivity contribution is 0.258. The van der Waals surface area contributed by atoms with Crippen molar-refractivity contribution in [3.63, 3.8) is 0 Å². The molecule has 0 atom stereocenters. The van der Waals surface area contributed by atoms with Gasteiger partial charge in [0.1, 0.15) is 11.7 Å². The second kappa shape index (κ2) is 6.04. The summed E-state index contributed by atoms with van der Waals surface area (Å²) in [5.41, 5.74) is 6.90. The molecule has 0 spiro atoms. The van der Waals surface area contributed by atoms with Crippen molar-refractivity contribution in [1.82, 2.24) is 0 Å². The number of anilines is 2. The van der Waals surface area contributed by atoms with Crippen LogP contribution in [0.15, 0.2) is 48.5 Å². The Morgan fingerprint density at radius 1 is 1.24 bits per heavy atom. The molecule has 0 unspecified atom stereocenters. The summed E-state index contributed by atoms with van der Waals surface area (Å²) in [7, 11) is 1.58. The van der Waals surface area contributed by atoms with E-state index in [1.807, 2.05) is 0 Å². The Kier molecular flexibility index (Phi) is 4.18. The number of carbonyl (C=O) groups is 1. The van der Waals surface area contributed by atoms with Crippen LogP contribution in [0.2, 0.25) is 0 Å². The molecule has 0 aliphatic carbocycles. The van der Waals surface area contributed by atoms with E-state index < -0.39 is 11.8 Å². The van der Waals surface area contributed by atoms with Gasteiger partial charge >= 0.3 is 6.03 Å². The maximum atomic E-state index is 13.1. The lowest BCUT2D eigenvalue weighted by atomic mass is 10.2. The van der Waals surface area contributed by atoms with Gasteiger partial charge in [0.25, 0.3) is 0 Å². The molecule has 2 aromatic rings. The summed E-state index contributed by atoms with van der Waals surface area (Å²) in [4.78, 5) is 13.5. The van der Waals surface area contributed by atoms with E-state index in [1.165, 1.54) is 23.1 Å². The van der Waals surface area contributed by atoms with Crippen LogP contribution in [0.4, 0.5) is 20.6 Å². The minimum atomic E-state index is -0.422. The number of urea groups is 1. The molecule has 0 radical (unpaired) electrons. The number of nitrogens with zero attached hydrogens (tertiary/aromatic N) is 1. The zero-order chi connectivity index (χ0) is 15.4. The van der Waals surface area contributed by atoms with Crippen molar-refractivity contribution in [2.24, 2.45) is 5.73 Å². The first-order chi connectivity index (χ1) is 9.97. The second-order valence-electron chi connectivity index (χ2n) is 4.46. The Labute approximate surface area is 121 Å². The van der Waals surface area contributed by atoms with Gasteiger partial charge in [-0.1, -0.05) is 18.2 Å². The van der Waals surface area contributed by atoms with Gasteiger partial charge in [-0.05, 0) is 30.3 Å². The van der Waals surface area contributed by atoms with E-state index in [9.17, 15) is 9.18 Å². The summed E-state index contributed by atoms with van der Waals surface area (Å²) in [6.07, 6.45) is 0. The Balaban J connectivity index is 2.15. The molecule has 4 N–H and O–H groups in total. The monoisotopic (exact) mass is 286 g/mol. The van der Waals surface area contributed by atoms with Crippen LogP contribution in [-0.2, 0) is 0 Å². The standard InChI is InChI=1S/C15H15FN4O/c1-20(13-7-2-4-10(8-13)14(17)18)15(21)19-12-6-3-5-11(16)9-12/h2-9H,1H3,(H3,17,18)(H,19,21). The van der Waals surface area contributed by atoms with Crippen LogP contribution in [0.1, 0.15) is 5.56 Å². The van der Waals surface area contributed by atoms with Crippen molar-refractivity contribution in [3.05, 3.63) is 59.9 Å². The van der Waals surface area contributed by atoms with Crippen LogP contribution in [0.3, 0.4) is 0 Å². The van der Waals surface area contributed by atoms with E-state index in [0.29, 0.717) is 16.9 Å². The van der Waals surface area contributed by atoms with Crippen LogP contribution in [-0.4, -0.2) is 18.9 Å². The van der Waals surface area contributed by atoms with E-state index in [0.717, 1.165) is 0 Å². The Morgan fingerprint density at radius 2 is 1.95 bits per heavy atom. The van der Waals surface area contributed by atoms with Gasteiger partial charge in [-0.3, -0.25) is 10.3 Å². The molecular formula is C15H15FN4O. The van der Waals surface area contributed by atoms with Crippen LogP contribution >= 0.6 is 0 Å². The summed E-state index contributed by atoms with van der Waals surface area (Å²) in [5.74, 6) is -0.496. The maximum absolute atomic E-state index is 13.1. The van der Waals surface area contributed by atoms with Crippen molar-refractivity contribution in [2.45, 2.75) is 0 Å². The molecule has 0 saturated carbocycles. The lowest BCUT2D eigenvalue weighted by Gasteiger charge is -2.18. The minimum Gasteiger partial charge on any atom is -0.384 e. The van der Waals surface area contributed by atoms with Gasteiger partial charge in [0.05, 0.1) is 0 Å². The molecule has 21 heavy (non-hydrogen) atoms. The van der Waals surface area contributed by atoms with Crippen molar-refractivity contribution in [1.29, 1.82) is 5.41 Å². The summed E-state index contributed by atoms with van der Waals surface area (Å²) in [6, 6.07) is 12.0. The molecule has 0 aromatic heterocycles. The van der Waals surface area contributed by atoms with Gasteiger partial charge in [0.2, 0.25) is 0 Å². The quantitative estimate of drug-likeness (QED) is 0.599. The van der Waals surface area contributed by atoms with Crippen LogP contribution in [0, 0.1) is 11.2 Å². The number of carbonyl (C=O) groups excluding carboxylic acids is 1. The number of rotatable bonds is 3. The Bertz CT molecular complexity index is 687. The molecule has 0 aliphatic heterocycles. The second-order valence-corrected chi connectivity index (χ2v) is 4.46. The molecule has 0 heterocycles. The predicted octanol–water partition coefficient (Wildman–Crippen LogP) is 2.78. The van der Waals surface area contributed by atoms with E-state index in [-0.39, 0.29) is 5.84 Å². The number of nitrogens with two attached hydrogens (primary N) is 1. The minimum absolute atomic E-state index is 0.0733. The van der Waals surface area contributed by atoms with Crippen molar-refractivity contribution in [3.8, 4) is 0 Å². The molecule has 0 aliphatic rings. The first kappa shape index (κ1) is 14.5. The van der Waals surface area contributed by atoms with Crippen LogP contribution in [0.25, 0.3) is 0 Å². The average molecular weight is 286 g/mol. The third kappa shape index (κ3) is 3.56. The molecule has 108 valence electrons. The highest BCUT2D eigenvalue weighted by atomic mass is 19.1. The largest absolute Gasteiger partial charge is 0.384 e. The molecule has 6 heteroatoms. The lowest BCUT2D eigenvalue weighted by Crippen LogP contribution is -2.31. The Morgan fingerprint density at radius 3 is 2.62 bits per heavy atom. The van der Waals surface area contributed by atoms with E-state index in [4.69, 9.17) is 11.1 Å². The molecular weight excluding hydrogens is 271 g/mol. The summed E-state index contributed by atoms with van der Waals surface area (Å²) >= 11 is 0. The first-order valence-electron chi connectivity index (χ1n) is 6.22. The number of amidine groups is 1. The zero-order valence-corrected chi connectivity index (χ0v) is 11.4. The first-order valence-corrected chi connectivity index (χ1v) is 6.22. The van der Waals surface area contributed by atoms with E-state index in [2.05, 4.69) is 5.32 Å². The highest BCUT2D eigenvalue weighted by molar-refractivity contribution is 6.02. The summed E-state index contributed by atoms with van der Waals surface area (Å²) < 4.78 is 13.1. The number of hydrogen-bond donors (Lipinski definition) is 3. The Hall–Kier alpha value is -2.89. The molecule has 0 saturated heterocycles. The van der Waals surface area contributed by atoms with Crippen molar-refractivity contribution >= 4 is 23.2 Å². The summed E-state index contributed by atoms with van der Waals surface area (Å²) in [5, 5.41) is 9.99.